The maximum atomic E-state index is 12.3. The Morgan fingerprint density at radius 1 is 1.30 bits per heavy atom. The molecule has 0 bridgehead atoms. The average Bonchev–Trinajstić information content (AvgIpc) is 3.14. The second-order valence-electron chi connectivity index (χ2n) is 6.38. The molecule has 1 aromatic rings. The van der Waals surface area contributed by atoms with Gasteiger partial charge in [0.05, 0.1) is 4.87 Å². The molecule has 0 aliphatic carbocycles. The molecule has 2 heterocycles. The Balaban J connectivity index is 1.45. The first-order valence-electron chi connectivity index (χ1n) is 8.28. The summed E-state index contributed by atoms with van der Waals surface area (Å²) in [4.78, 5) is 49.1. The summed E-state index contributed by atoms with van der Waals surface area (Å²) >= 11 is 7.28. The van der Waals surface area contributed by atoms with Crippen molar-refractivity contribution in [2.45, 2.75) is 30.7 Å². The van der Waals surface area contributed by atoms with Crippen LogP contribution in [0.4, 0.5) is 0 Å². The fraction of sp³-hybridized carbons (Fsp3) is 0.412. The van der Waals surface area contributed by atoms with Crippen LogP contribution in [0.15, 0.2) is 24.3 Å². The zero-order valence-corrected chi connectivity index (χ0v) is 16.1. The molecule has 2 aliphatic rings. The van der Waals surface area contributed by atoms with E-state index in [0.717, 1.165) is 0 Å². The summed E-state index contributed by atoms with van der Waals surface area (Å²) in [6.45, 7) is 1.37. The number of ether oxygens (including phenoxy) is 1. The van der Waals surface area contributed by atoms with Crippen LogP contribution in [0, 0.1) is 0 Å². The minimum atomic E-state index is -0.688. The van der Waals surface area contributed by atoms with Crippen molar-refractivity contribution in [2.75, 3.05) is 12.4 Å². The molecule has 144 valence electrons. The number of hydrazine groups is 1. The molecule has 2 fully saturated rings. The summed E-state index contributed by atoms with van der Waals surface area (Å²) in [6, 6.07) is 5.42. The number of hydrogen-bond donors (Lipinski definition) is 2. The van der Waals surface area contributed by atoms with E-state index in [4.69, 9.17) is 16.3 Å². The van der Waals surface area contributed by atoms with E-state index in [9.17, 15) is 19.2 Å². The minimum absolute atomic E-state index is 0.0795. The van der Waals surface area contributed by atoms with Crippen LogP contribution in [-0.4, -0.2) is 51.9 Å². The molecule has 8 nitrogen and oxygen atoms in total. The van der Waals surface area contributed by atoms with Gasteiger partial charge in [0.15, 0.2) is 6.61 Å². The maximum absolute atomic E-state index is 12.3. The maximum Gasteiger partial charge on any atom is 0.330 e. The molecule has 10 heteroatoms. The van der Waals surface area contributed by atoms with Gasteiger partial charge in [-0.25, -0.2) is 4.79 Å². The number of fused-ring (bicyclic) bond motifs is 1. The number of hydrogen-bond acceptors (Lipinski definition) is 6. The van der Waals surface area contributed by atoms with Crippen molar-refractivity contribution in [3.8, 4) is 0 Å². The third kappa shape index (κ3) is 4.19. The van der Waals surface area contributed by atoms with Crippen LogP contribution in [-0.2, 0) is 19.1 Å². The van der Waals surface area contributed by atoms with Gasteiger partial charge in [0.25, 0.3) is 11.8 Å². The first kappa shape index (κ1) is 19.5. The van der Waals surface area contributed by atoms with Crippen molar-refractivity contribution in [2.24, 2.45) is 0 Å². The molecule has 2 saturated heterocycles. The highest BCUT2D eigenvalue weighted by atomic mass is 35.5. The lowest BCUT2D eigenvalue weighted by Gasteiger charge is -2.29. The number of esters is 1. The van der Waals surface area contributed by atoms with Gasteiger partial charge in [0.1, 0.15) is 6.04 Å². The predicted molar refractivity (Wildman–Crippen MR) is 98.8 cm³/mol. The Labute approximate surface area is 164 Å². The molecule has 0 aromatic heterocycles. The van der Waals surface area contributed by atoms with Crippen LogP contribution >= 0.6 is 23.4 Å². The van der Waals surface area contributed by atoms with E-state index in [1.165, 1.54) is 23.9 Å². The van der Waals surface area contributed by atoms with E-state index in [0.29, 0.717) is 29.2 Å². The third-order valence-electron chi connectivity index (χ3n) is 4.48. The van der Waals surface area contributed by atoms with E-state index in [2.05, 4.69) is 10.9 Å². The Morgan fingerprint density at radius 2 is 2.00 bits per heavy atom. The quantitative estimate of drug-likeness (QED) is 0.567. The number of amides is 3. The van der Waals surface area contributed by atoms with Crippen molar-refractivity contribution in [1.29, 1.82) is 0 Å². The van der Waals surface area contributed by atoms with Gasteiger partial charge in [0.2, 0.25) is 5.91 Å². The molecule has 2 N–H and O–H groups in total. The summed E-state index contributed by atoms with van der Waals surface area (Å²) < 4.78 is 5.02. The summed E-state index contributed by atoms with van der Waals surface area (Å²) in [6.07, 6.45) is 1.10. The number of thioether (sulfide) groups is 1. The number of nitrogens with one attached hydrogen (secondary N) is 2. The molecule has 2 aliphatic heterocycles. The number of carbonyl (C=O) groups is 4. The molecular weight excluding hydrogens is 394 g/mol. The zero-order valence-electron chi connectivity index (χ0n) is 14.5. The number of halogens is 1. The summed E-state index contributed by atoms with van der Waals surface area (Å²) in [7, 11) is 0. The molecule has 0 spiro atoms. The summed E-state index contributed by atoms with van der Waals surface area (Å²) in [5, 5.41) is 0.486. The fourth-order valence-electron chi connectivity index (χ4n) is 3.06. The molecule has 2 atom stereocenters. The van der Waals surface area contributed by atoms with Crippen molar-refractivity contribution in [3.63, 3.8) is 0 Å². The van der Waals surface area contributed by atoms with Crippen LogP contribution in [0.3, 0.4) is 0 Å². The van der Waals surface area contributed by atoms with Crippen LogP contribution in [0.25, 0.3) is 0 Å². The van der Waals surface area contributed by atoms with Crippen LogP contribution in [0.2, 0.25) is 5.02 Å². The Morgan fingerprint density at radius 3 is 2.70 bits per heavy atom. The highest BCUT2D eigenvalue weighted by Crippen LogP contribution is 2.47. The molecule has 3 rings (SSSR count). The van der Waals surface area contributed by atoms with Gasteiger partial charge in [0, 0.05) is 22.8 Å². The van der Waals surface area contributed by atoms with Crippen molar-refractivity contribution in [1.82, 2.24) is 15.8 Å². The van der Waals surface area contributed by atoms with E-state index < -0.39 is 30.4 Å². The van der Waals surface area contributed by atoms with Gasteiger partial charge >= 0.3 is 5.97 Å². The lowest BCUT2D eigenvalue weighted by atomic mass is 10.2. The van der Waals surface area contributed by atoms with E-state index in [1.54, 1.807) is 17.0 Å². The number of nitrogens with zero attached hydrogens (tertiary/aromatic N) is 1. The molecular formula is C17H18ClN3O5S. The Kier molecular flexibility index (Phi) is 5.61. The van der Waals surface area contributed by atoms with Crippen LogP contribution < -0.4 is 10.9 Å². The highest BCUT2D eigenvalue weighted by molar-refractivity contribution is 8.01. The van der Waals surface area contributed by atoms with Crippen molar-refractivity contribution >= 4 is 47.1 Å². The lowest BCUT2D eigenvalue weighted by molar-refractivity contribution is -0.156. The number of carbonyl (C=O) groups excluding carboxylic acids is 4. The molecule has 0 saturated carbocycles. The van der Waals surface area contributed by atoms with Crippen LogP contribution in [0.1, 0.15) is 30.1 Å². The normalized spacial score (nSPS) is 23.7. The second-order valence-corrected chi connectivity index (χ2v) is 8.32. The number of rotatable bonds is 4. The first-order chi connectivity index (χ1) is 12.8. The Hall–Kier alpha value is -2.26. The SMILES string of the molecule is C[C@]12CCC(=O)N1[C@H](C(=O)OCC(=O)NNC(=O)c1ccc(Cl)cc1)CS2. The largest absolute Gasteiger partial charge is 0.454 e. The zero-order chi connectivity index (χ0) is 19.6. The third-order valence-corrected chi connectivity index (χ3v) is 6.24. The topological polar surface area (TPSA) is 105 Å². The molecule has 0 radical (unpaired) electrons. The van der Waals surface area contributed by atoms with Crippen molar-refractivity contribution in [3.05, 3.63) is 34.9 Å². The van der Waals surface area contributed by atoms with Gasteiger partial charge in [-0.2, -0.15) is 0 Å². The lowest BCUT2D eigenvalue weighted by Crippen LogP contribution is -2.48. The van der Waals surface area contributed by atoms with E-state index in [-0.39, 0.29) is 10.8 Å². The molecule has 3 amide bonds. The smallest absolute Gasteiger partial charge is 0.330 e. The highest BCUT2D eigenvalue weighted by Gasteiger charge is 2.53. The van der Waals surface area contributed by atoms with Gasteiger partial charge in [-0.05, 0) is 37.6 Å². The minimum Gasteiger partial charge on any atom is -0.454 e. The molecule has 1 aromatic carbocycles. The van der Waals surface area contributed by atoms with Gasteiger partial charge in [-0.3, -0.25) is 25.2 Å². The van der Waals surface area contributed by atoms with Gasteiger partial charge in [-0.1, -0.05) is 11.6 Å². The van der Waals surface area contributed by atoms with Crippen LogP contribution in [0.5, 0.6) is 0 Å². The Bertz CT molecular complexity index is 787. The monoisotopic (exact) mass is 411 g/mol. The van der Waals surface area contributed by atoms with E-state index >= 15 is 0 Å². The average molecular weight is 412 g/mol. The number of benzene rings is 1. The van der Waals surface area contributed by atoms with Gasteiger partial charge < -0.3 is 9.64 Å². The van der Waals surface area contributed by atoms with E-state index in [1.807, 2.05) is 6.92 Å². The molecule has 27 heavy (non-hydrogen) atoms. The standard InChI is InChI=1S/C17H18ClN3O5S/c1-17-7-6-14(23)21(17)12(9-27-17)16(25)26-8-13(22)19-20-15(24)10-2-4-11(18)5-3-10/h2-5,12H,6-9H2,1H3,(H,19,22)(H,20,24)/t12-,17-/m0/s1. The second kappa shape index (κ2) is 7.77. The fourth-order valence-corrected chi connectivity index (χ4v) is 4.61. The molecule has 0 unspecified atom stereocenters. The van der Waals surface area contributed by atoms with Gasteiger partial charge in [-0.15, -0.1) is 11.8 Å². The summed E-state index contributed by atoms with van der Waals surface area (Å²) in [5.74, 6) is -1.48. The summed E-state index contributed by atoms with van der Waals surface area (Å²) in [5.41, 5.74) is 4.70. The predicted octanol–water partition coefficient (Wildman–Crippen LogP) is 1.10. The van der Waals surface area contributed by atoms with Crippen molar-refractivity contribution < 1.29 is 23.9 Å². The first-order valence-corrected chi connectivity index (χ1v) is 9.64.